The van der Waals surface area contributed by atoms with Crippen molar-refractivity contribution in [2.24, 2.45) is 0 Å². The number of rotatable bonds is 4. The fourth-order valence-corrected chi connectivity index (χ4v) is 1.83. The smallest absolute Gasteiger partial charge is 0.176 e. The molecule has 0 spiro atoms. The van der Waals surface area contributed by atoms with Gasteiger partial charge in [-0.25, -0.2) is 0 Å². The Bertz CT molecular complexity index is 377. The molecule has 1 aromatic rings. The third kappa shape index (κ3) is 2.89. The van der Waals surface area contributed by atoms with Crippen LogP contribution >= 0.6 is 23.4 Å². The SMILES string of the molecule is COc1cc(C)c(Cl)cc1C(=O)CSC. The summed E-state index contributed by atoms with van der Waals surface area (Å²) in [5, 5.41) is 0.597. The fraction of sp³-hybridized carbons (Fsp3) is 0.364. The maximum atomic E-state index is 11.7. The first-order valence-electron chi connectivity index (χ1n) is 4.46. The maximum Gasteiger partial charge on any atom is 0.176 e. The van der Waals surface area contributed by atoms with Gasteiger partial charge < -0.3 is 4.74 Å². The van der Waals surface area contributed by atoms with Crippen molar-refractivity contribution in [1.82, 2.24) is 0 Å². The molecule has 0 aliphatic heterocycles. The van der Waals surface area contributed by atoms with Crippen LogP contribution in [0.4, 0.5) is 0 Å². The van der Waals surface area contributed by atoms with Crippen molar-refractivity contribution in [3.05, 3.63) is 28.3 Å². The number of benzene rings is 1. The summed E-state index contributed by atoms with van der Waals surface area (Å²) in [6, 6.07) is 3.46. The predicted octanol–water partition coefficient (Wildman–Crippen LogP) is 3.20. The standard InChI is InChI=1S/C11H13ClO2S/c1-7-4-11(14-2)8(5-9(7)12)10(13)6-15-3/h4-5H,6H2,1-3H3. The molecule has 0 radical (unpaired) electrons. The van der Waals surface area contributed by atoms with Crippen LogP contribution in [-0.4, -0.2) is 24.9 Å². The van der Waals surface area contributed by atoms with Gasteiger partial charge in [0.2, 0.25) is 0 Å². The Kier molecular flexibility index (Phi) is 4.48. The van der Waals surface area contributed by atoms with Crippen molar-refractivity contribution < 1.29 is 9.53 Å². The van der Waals surface area contributed by atoms with Crippen LogP contribution in [0.25, 0.3) is 0 Å². The van der Waals surface area contributed by atoms with Gasteiger partial charge in [0.05, 0.1) is 18.4 Å². The van der Waals surface area contributed by atoms with Crippen molar-refractivity contribution in [3.8, 4) is 5.75 Å². The Morgan fingerprint density at radius 3 is 2.73 bits per heavy atom. The van der Waals surface area contributed by atoms with Crippen LogP contribution in [0.15, 0.2) is 12.1 Å². The van der Waals surface area contributed by atoms with Crippen molar-refractivity contribution in [2.45, 2.75) is 6.92 Å². The zero-order chi connectivity index (χ0) is 11.4. The Balaban J connectivity index is 3.15. The van der Waals surface area contributed by atoms with Gasteiger partial charge in [0, 0.05) is 5.02 Å². The fourth-order valence-electron chi connectivity index (χ4n) is 1.25. The molecule has 0 aliphatic rings. The molecule has 0 bridgehead atoms. The van der Waals surface area contributed by atoms with Gasteiger partial charge in [0.15, 0.2) is 5.78 Å². The zero-order valence-electron chi connectivity index (χ0n) is 8.96. The summed E-state index contributed by atoms with van der Waals surface area (Å²) in [4.78, 5) is 11.7. The lowest BCUT2D eigenvalue weighted by molar-refractivity contribution is 0.102. The van der Waals surface area contributed by atoms with Gasteiger partial charge in [0.25, 0.3) is 0 Å². The highest BCUT2D eigenvalue weighted by Crippen LogP contribution is 2.27. The topological polar surface area (TPSA) is 26.3 Å². The molecule has 15 heavy (non-hydrogen) atoms. The van der Waals surface area contributed by atoms with E-state index < -0.39 is 0 Å². The minimum atomic E-state index is 0.0428. The number of carbonyl (C=O) groups excluding carboxylic acids is 1. The summed E-state index contributed by atoms with van der Waals surface area (Å²) in [6.45, 7) is 1.88. The minimum Gasteiger partial charge on any atom is -0.496 e. The van der Waals surface area contributed by atoms with E-state index in [1.54, 1.807) is 19.2 Å². The van der Waals surface area contributed by atoms with Crippen LogP contribution < -0.4 is 4.74 Å². The van der Waals surface area contributed by atoms with E-state index in [1.807, 2.05) is 13.2 Å². The average Bonchev–Trinajstić information content (AvgIpc) is 2.21. The summed E-state index contributed by atoms with van der Waals surface area (Å²) in [7, 11) is 1.55. The first-order valence-corrected chi connectivity index (χ1v) is 6.23. The predicted molar refractivity (Wildman–Crippen MR) is 65.5 cm³/mol. The Morgan fingerprint density at radius 2 is 2.20 bits per heavy atom. The molecule has 2 nitrogen and oxygen atoms in total. The van der Waals surface area contributed by atoms with Crippen LogP contribution in [0.1, 0.15) is 15.9 Å². The van der Waals surface area contributed by atoms with E-state index in [0.29, 0.717) is 22.1 Å². The molecule has 4 heteroatoms. The second kappa shape index (κ2) is 5.42. The normalized spacial score (nSPS) is 10.1. The van der Waals surface area contributed by atoms with Crippen molar-refractivity contribution in [3.63, 3.8) is 0 Å². The van der Waals surface area contributed by atoms with Gasteiger partial charge in [-0.1, -0.05) is 11.6 Å². The third-order valence-corrected chi connectivity index (χ3v) is 3.01. The second-order valence-corrected chi connectivity index (χ2v) is 4.43. The van der Waals surface area contributed by atoms with E-state index in [9.17, 15) is 4.79 Å². The van der Waals surface area contributed by atoms with Crippen LogP contribution in [0.5, 0.6) is 5.75 Å². The molecular formula is C11H13ClO2S. The van der Waals surface area contributed by atoms with Crippen molar-refractivity contribution >= 4 is 29.1 Å². The van der Waals surface area contributed by atoms with E-state index in [-0.39, 0.29) is 5.78 Å². The first kappa shape index (κ1) is 12.4. The molecule has 0 atom stereocenters. The Hall–Kier alpha value is -0.670. The summed E-state index contributed by atoms with van der Waals surface area (Å²) in [5.74, 6) is 1.08. The number of aryl methyl sites for hydroxylation is 1. The lowest BCUT2D eigenvalue weighted by Gasteiger charge is -2.09. The molecule has 0 N–H and O–H groups in total. The van der Waals surface area contributed by atoms with Crippen molar-refractivity contribution in [2.75, 3.05) is 19.1 Å². The van der Waals surface area contributed by atoms with Gasteiger partial charge in [0.1, 0.15) is 5.75 Å². The molecule has 0 amide bonds. The molecule has 0 fully saturated rings. The van der Waals surface area contributed by atoms with Crippen LogP contribution in [0, 0.1) is 6.92 Å². The molecule has 0 heterocycles. The lowest BCUT2D eigenvalue weighted by Crippen LogP contribution is -2.05. The molecule has 82 valence electrons. The molecule has 0 saturated heterocycles. The summed E-state index contributed by atoms with van der Waals surface area (Å²) in [5.41, 5.74) is 1.47. The third-order valence-electron chi connectivity index (χ3n) is 2.06. The lowest BCUT2D eigenvalue weighted by atomic mass is 10.1. The summed E-state index contributed by atoms with van der Waals surface area (Å²) in [6.07, 6.45) is 1.89. The molecule has 0 aliphatic carbocycles. The highest BCUT2D eigenvalue weighted by atomic mass is 35.5. The highest BCUT2D eigenvalue weighted by Gasteiger charge is 2.13. The number of thioether (sulfide) groups is 1. The second-order valence-electron chi connectivity index (χ2n) is 3.16. The molecule has 0 saturated carbocycles. The Labute approximate surface area is 99.0 Å². The van der Waals surface area contributed by atoms with E-state index >= 15 is 0 Å². The molecule has 1 aromatic carbocycles. The van der Waals surface area contributed by atoms with Gasteiger partial charge >= 0.3 is 0 Å². The maximum absolute atomic E-state index is 11.7. The molecule has 1 rings (SSSR count). The van der Waals surface area contributed by atoms with Gasteiger partial charge in [-0.2, -0.15) is 11.8 Å². The minimum absolute atomic E-state index is 0.0428. The van der Waals surface area contributed by atoms with Crippen LogP contribution in [0.3, 0.4) is 0 Å². The number of ether oxygens (including phenoxy) is 1. The average molecular weight is 245 g/mol. The van der Waals surface area contributed by atoms with E-state index in [4.69, 9.17) is 16.3 Å². The summed E-state index contributed by atoms with van der Waals surface area (Å²) >= 11 is 7.46. The van der Waals surface area contributed by atoms with Crippen molar-refractivity contribution in [1.29, 1.82) is 0 Å². The van der Waals surface area contributed by atoms with Gasteiger partial charge in [-0.05, 0) is 30.9 Å². The van der Waals surface area contributed by atoms with Crippen LogP contribution in [0.2, 0.25) is 5.02 Å². The number of hydrogen-bond acceptors (Lipinski definition) is 3. The number of methoxy groups -OCH3 is 1. The number of Topliss-reactive ketones (excluding diaryl/α,β-unsaturated/α-hetero) is 1. The summed E-state index contributed by atoms with van der Waals surface area (Å²) < 4.78 is 5.16. The highest BCUT2D eigenvalue weighted by molar-refractivity contribution is 7.99. The number of halogens is 1. The van der Waals surface area contributed by atoms with Crippen LogP contribution in [-0.2, 0) is 0 Å². The quantitative estimate of drug-likeness (QED) is 0.761. The van der Waals surface area contributed by atoms with Gasteiger partial charge in [-0.15, -0.1) is 0 Å². The van der Waals surface area contributed by atoms with E-state index in [2.05, 4.69) is 0 Å². The number of ketones is 1. The molecule has 0 unspecified atom stereocenters. The van der Waals surface area contributed by atoms with Gasteiger partial charge in [-0.3, -0.25) is 4.79 Å². The van der Waals surface area contributed by atoms with E-state index in [1.165, 1.54) is 11.8 Å². The number of hydrogen-bond donors (Lipinski definition) is 0. The zero-order valence-corrected chi connectivity index (χ0v) is 10.5. The molecular weight excluding hydrogens is 232 g/mol. The Morgan fingerprint density at radius 1 is 1.53 bits per heavy atom. The largest absolute Gasteiger partial charge is 0.496 e. The molecule has 0 aromatic heterocycles. The number of carbonyl (C=O) groups is 1. The first-order chi connectivity index (χ1) is 7.10. The monoisotopic (exact) mass is 244 g/mol. The van der Waals surface area contributed by atoms with E-state index in [0.717, 1.165) is 5.56 Å².